The van der Waals surface area contributed by atoms with Gasteiger partial charge < -0.3 is 5.32 Å². The highest BCUT2D eigenvalue weighted by Crippen LogP contribution is 2.33. The van der Waals surface area contributed by atoms with E-state index in [0.717, 1.165) is 12.8 Å². The van der Waals surface area contributed by atoms with Crippen LogP contribution in [-0.4, -0.2) is 33.8 Å². The summed E-state index contributed by atoms with van der Waals surface area (Å²) in [5.41, 5.74) is 0.0586. The van der Waals surface area contributed by atoms with Gasteiger partial charge in [0.1, 0.15) is 0 Å². The fourth-order valence-electron chi connectivity index (χ4n) is 0.935. The SMILES string of the molecule is CNC1(CNS(C)(=O)=O)CC1. The van der Waals surface area contributed by atoms with Crippen molar-refractivity contribution in [2.45, 2.75) is 18.4 Å². The molecule has 5 heteroatoms. The van der Waals surface area contributed by atoms with Crippen molar-refractivity contribution in [1.82, 2.24) is 10.0 Å². The summed E-state index contributed by atoms with van der Waals surface area (Å²) >= 11 is 0. The van der Waals surface area contributed by atoms with E-state index in [1.54, 1.807) is 0 Å². The lowest BCUT2D eigenvalue weighted by molar-refractivity contribution is 0.525. The Kier molecular flexibility index (Phi) is 2.22. The Bertz CT molecular complexity index is 231. The molecule has 0 aliphatic heterocycles. The Morgan fingerprint density at radius 3 is 2.27 bits per heavy atom. The van der Waals surface area contributed by atoms with Gasteiger partial charge in [0.2, 0.25) is 10.0 Å². The quantitative estimate of drug-likeness (QED) is 0.598. The molecule has 1 aliphatic rings. The third kappa shape index (κ3) is 2.76. The van der Waals surface area contributed by atoms with E-state index in [1.165, 1.54) is 6.26 Å². The van der Waals surface area contributed by atoms with Crippen LogP contribution in [-0.2, 0) is 10.0 Å². The monoisotopic (exact) mass is 178 g/mol. The lowest BCUT2D eigenvalue weighted by Crippen LogP contribution is -2.40. The van der Waals surface area contributed by atoms with Gasteiger partial charge in [0.25, 0.3) is 0 Å². The molecule has 0 saturated heterocycles. The second-order valence-corrected chi connectivity index (χ2v) is 4.96. The summed E-state index contributed by atoms with van der Waals surface area (Å²) < 4.78 is 23.9. The Labute approximate surface area is 67.4 Å². The summed E-state index contributed by atoms with van der Waals surface area (Å²) in [6.07, 6.45) is 3.30. The van der Waals surface area contributed by atoms with Gasteiger partial charge in [-0.3, -0.25) is 0 Å². The standard InChI is InChI=1S/C6H14N2O2S/c1-7-6(3-4-6)5-8-11(2,9)10/h7-8H,3-5H2,1-2H3. The smallest absolute Gasteiger partial charge is 0.208 e. The zero-order valence-corrected chi connectivity index (χ0v) is 7.66. The molecule has 0 spiro atoms. The van der Waals surface area contributed by atoms with Gasteiger partial charge in [-0.25, -0.2) is 13.1 Å². The molecule has 0 aromatic rings. The maximum Gasteiger partial charge on any atom is 0.208 e. The van der Waals surface area contributed by atoms with Gasteiger partial charge in [-0.05, 0) is 19.9 Å². The first-order valence-electron chi connectivity index (χ1n) is 3.61. The third-order valence-electron chi connectivity index (χ3n) is 2.06. The van der Waals surface area contributed by atoms with Crippen LogP contribution in [0.15, 0.2) is 0 Å². The fraction of sp³-hybridized carbons (Fsp3) is 1.00. The molecule has 1 aliphatic carbocycles. The molecule has 0 bridgehead atoms. The van der Waals surface area contributed by atoms with Gasteiger partial charge in [-0.1, -0.05) is 0 Å². The fourth-order valence-corrected chi connectivity index (χ4v) is 1.47. The largest absolute Gasteiger partial charge is 0.313 e. The minimum atomic E-state index is -3.02. The molecule has 0 unspecified atom stereocenters. The second-order valence-electron chi connectivity index (χ2n) is 3.12. The molecule has 1 fully saturated rings. The summed E-state index contributed by atoms with van der Waals surface area (Å²) in [6, 6.07) is 0. The normalized spacial score (nSPS) is 21.6. The van der Waals surface area contributed by atoms with Crippen molar-refractivity contribution in [3.63, 3.8) is 0 Å². The van der Waals surface area contributed by atoms with Gasteiger partial charge in [-0.2, -0.15) is 0 Å². The van der Waals surface area contributed by atoms with Gasteiger partial charge in [0, 0.05) is 12.1 Å². The average molecular weight is 178 g/mol. The van der Waals surface area contributed by atoms with Gasteiger partial charge in [0.05, 0.1) is 6.26 Å². The minimum absolute atomic E-state index is 0.0586. The molecule has 4 nitrogen and oxygen atoms in total. The first-order chi connectivity index (χ1) is 4.97. The maximum atomic E-state index is 10.7. The van der Waals surface area contributed by atoms with Gasteiger partial charge in [-0.15, -0.1) is 0 Å². The van der Waals surface area contributed by atoms with Crippen LogP contribution in [0.3, 0.4) is 0 Å². The molecule has 1 rings (SSSR count). The van der Waals surface area contributed by atoms with E-state index < -0.39 is 10.0 Å². The Morgan fingerprint density at radius 1 is 1.45 bits per heavy atom. The number of hydrogen-bond donors (Lipinski definition) is 2. The molecule has 0 amide bonds. The Morgan fingerprint density at radius 2 is 2.00 bits per heavy atom. The van der Waals surface area contributed by atoms with Crippen LogP contribution in [0.4, 0.5) is 0 Å². The van der Waals surface area contributed by atoms with E-state index in [9.17, 15) is 8.42 Å². The van der Waals surface area contributed by atoms with E-state index in [-0.39, 0.29) is 5.54 Å². The highest BCUT2D eigenvalue weighted by Gasteiger charge is 2.41. The molecular formula is C6H14N2O2S. The predicted octanol–water partition coefficient (Wildman–Crippen LogP) is -0.712. The van der Waals surface area contributed by atoms with Crippen LogP contribution in [0, 0.1) is 0 Å². The molecule has 0 atom stereocenters. The van der Waals surface area contributed by atoms with Crippen molar-refractivity contribution in [1.29, 1.82) is 0 Å². The van der Waals surface area contributed by atoms with Crippen molar-refractivity contribution < 1.29 is 8.42 Å². The van der Waals surface area contributed by atoms with E-state index in [0.29, 0.717) is 6.54 Å². The van der Waals surface area contributed by atoms with E-state index in [4.69, 9.17) is 0 Å². The average Bonchev–Trinajstić information content (AvgIpc) is 2.63. The van der Waals surface area contributed by atoms with Crippen molar-refractivity contribution in [3.05, 3.63) is 0 Å². The molecule has 2 N–H and O–H groups in total. The van der Waals surface area contributed by atoms with Crippen LogP contribution in [0.1, 0.15) is 12.8 Å². The topological polar surface area (TPSA) is 58.2 Å². The second kappa shape index (κ2) is 2.73. The first kappa shape index (κ1) is 8.96. The number of likely N-dealkylation sites (N-methyl/N-ethyl adjacent to an activating group) is 1. The zero-order valence-electron chi connectivity index (χ0n) is 6.85. The van der Waals surface area contributed by atoms with Crippen LogP contribution in [0.2, 0.25) is 0 Å². The van der Waals surface area contributed by atoms with Crippen LogP contribution in [0.25, 0.3) is 0 Å². The van der Waals surface area contributed by atoms with E-state index in [2.05, 4.69) is 10.0 Å². The predicted molar refractivity (Wildman–Crippen MR) is 43.9 cm³/mol. The van der Waals surface area contributed by atoms with Crippen LogP contribution in [0.5, 0.6) is 0 Å². The molecule has 1 saturated carbocycles. The van der Waals surface area contributed by atoms with Crippen molar-refractivity contribution in [2.75, 3.05) is 19.8 Å². The molecule has 0 aromatic heterocycles. The summed E-state index contributed by atoms with van der Waals surface area (Å²) in [4.78, 5) is 0. The Balaban J connectivity index is 2.33. The summed E-state index contributed by atoms with van der Waals surface area (Å²) in [6.45, 7) is 0.516. The van der Waals surface area contributed by atoms with Crippen molar-refractivity contribution in [2.24, 2.45) is 0 Å². The molecule has 0 radical (unpaired) electrons. The molecular weight excluding hydrogens is 164 g/mol. The molecule has 66 valence electrons. The Hall–Kier alpha value is -0.130. The van der Waals surface area contributed by atoms with Crippen molar-refractivity contribution in [3.8, 4) is 0 Å². The first-order valence-corrected chi connectivity index (χ1v) is 5.50. The van der Waals surface area contributed by atoms with E-state index >= 15 is 0 Å². The highest BCUT2D eigenvalue weighted by atomic mass is 32.2. The van der Waals surface area contributed by atoms with Crippen LogP contribution >= 0.6 is 0 Å². The molecule has 11 heavy (non-hydrogen) atoms. The number of sulfonamides is 1. The molecule has 0 aromatic carbocycles. The van der Waals surface area contributed by atoms with Crippen molar-refractivity contribution >= 4 is 10.0 Å². The summed E-state index contributed by atoms with van der Waals surface area (Å²) in [5.74, 6) is 0. The summed E-state index contributed by atoms with van der Waals surface area (Å²) in [7, 11) is -1.16. The maximum absolute atomic E-state index is 10.7. The van der Waals surface area contributed by atoms with Gasteiger partial charge >= 0.3 is 0 Å². The van der Waals surface area contributed by atoms with E-state index in [1.807, 2.05) is 7.05 Å². The number of rotatable bonds is 4. The zero-order chi connectivity index (χ0) is 8.54. The molecule has 0 heterocycles. The van der Waals surface area contributed by atoms with Crippen LogP contribution < -0.4 is 10.0 Å². The lowest BCUT2D eigenvalue weighted by atomic mass is 10.3. The summed E-state index contributed by atoms with van der Waals surface area (Å²) in [5, 5.41) is 3.10. The van der Waals surface area contributed by atoms with Gasteiger partial charge in [0.15, 0.2) is 0 Å². The number of nitrogens with one attached hydrogen (secondary N) is 2. The lowest BCUT2D eigenvalue weighted by Gasteiger charge is -2.13. The number of hydrogen-bond acceptors (Lipinski definition) is 3. The third-order valence-corrected chi connectivity index (χ3v) is 2.73. The minimum Gasteiger partial charge on any atom is -0.313 e. The highest BCUT2D eigenvalue weighted by molar-refractivity contribution is 7.88.